The lowest BCUT2D eigenvalue weighted by Crippen LogP contribution is -2.24. The van der Waals surface area contributed by atoms with E-state index in [2.05, 4.69) is 10.5 Å². The minimum Gasteiger partial charge on any atom is -0.483 e. The molecule has 0 atom stereocenters. The van der Waals surface area contributed by atoms with Gasteiger partial charge in [0.2, 0.25) is 0 Å². The van der Waals surface area contributed by atoms with Crippen LogP contribution in [0.1, 0.15) is 15.9 Å². The number of fused-ring (bicyclic) bond motifs is 2. The fourth-order valence-electron chi connectivity index (χ4n) is 3.86. The van der Waals surface area contributed by atoms with E-state index in [0.717, 1.165) is 27.1 Å². The van der Waals surface area contributed by atoms with E-state index in [-0.39, 0.29) is 12.5 Å². The summed E-state index contributed by atoms with van der Waals surface area (Å²) in [6, 6.07) is 33.6. The number of benzene rings is 5. The number of hydrazone groups is 1. The summed E-state index contributed by atoms with van der Waals surface area (Å²) in [4.78, 5) is 24.8. The van der Waals surface area contributed by atoms with Crippen LogP contribution in [0.5, 0.6) is 11.5 Å². The van der Waals surface area contributed by atoms with Gasteiger partial charge in [0.05, 0.1) is 11.8 Å². The van der Waals surface area contributed by atoms with Gasteiger partial charge in [-0.2, -0.15) is 5.10 Å². The Bertz CT molecular complexity index is 1570. The molecule has 176 valence electrons. The smallest absolute Gasteiger partial charge is 0.344 e. The summed E-state index contributed by atoms with van der Waals surface area (Å²) in [6.07, 6.45) is 1.51. The Morgan fingerprint density at radius 1 is 0.722 bits per heavy atom. The van der Waals surface area contributed by atoms with E-state index in [0.29, 0.717) is 17.1 Å². The second-order valence-electron chi connectivity index (χ2n) is 8.04. The summed E-state index contributed by atoms with van der Waals surface area (Å²) in [6.45, 7) is -0.158. The molecule has 0 aliphatic carbocycles. The van der Waals surface area contributed by atoms with Crippen LogP contribution in [0.25, 0.3) is 21.5 Å². The van der Waals surface area contributed by atoms with Crippen molar-refractivity contribution in [2.75, 3.05) is 6.61 Å². The zero-order valence-electron chi connectivity index (χ0n) is 19.3. The molecule has 0 aliphatic rings. The molecule has 0 unspecified atom stereocenters. The van der Waals surface area contributed by atoms with Crippen molar-refractivity contribution in [2.24, 2.45) is 5.10 Å². The highest BCUT2D eigenvalue weighted by atomic mass is 16.5. The molecule has 6 heteroatoms. The zero-order chi connectivity index (χ0) is 24.7. The highest BCUT2D eigenvalue weighted by molar-refractivity contribution is 6.05. The Morgan fingerprint density at radius 3 is 2.14 bits per heavy atom. The molecule has 6 nitrogen and oxygen atoms in total. The van der Waals surface area contributed by atoms with Gasteiger partial charge in [-0.15, -0.1) is 0 Å². The molecular formula is C30H22N2O4. The molecule has 5 aromatic carbocycles. The Kier molecular flexibility index (Phi) is 6.67. The average Bonchev–Trinajstić information content (AvgIpc) is 2.92. The average molecular weight is 475 g/mol. The molecule has 0 saturated carbocycles. The van der Waals surface area contributed by atoms with Gasteiger partial charge in [-0.1, -0.05) is 72.8 Å². The van der Waals surface area contributed by atoms with Gasteiger partial charge in [0.1, 0.15) is 11.5 Å². The van der Waals surface area contributed by atoms with Crippen LogP contribution < -0.4 is 14.9 Å². The van der Waals surface area contributed by atoms with Crippen molar-refractivity contribution in [1.29, 1.82) is 0 Å². The minimum atomic E-state index is -0.424. The highest BCUT2D eigenvalue weighted by Crippen LogP contribution is 2.25. The number of ether oxygens (including phenoxy) is 2. The van der Waals surface area contributed by atoms with Gasteiger partial charge >= 0.3 is 5.97 Å². The minimum absolute atomic E-state index is 0.158. The standard InChI is InChI=1S/C30H22N2O4/c33-29(20-35-28-14-6-10-23-8-2-4-12-26(23)28)32-31-19-21-15-17-24(18-16-21)36-30(34)27-13-5-9-22-7-1-3-11-25(22)27/h1-19H,20H2,(H,32,33). The molecule has 0 aliphatic heterocycles. The van der Waals surface area contributed by atoms with Crippen molar-refractivity contribution in [3.8, 4) is 11.5 Å². The van der Waals surface area contributed by atoms with E-state index in [4.69, 9.17) is 9.47 Å². The Hall–Kier alpha value is -4.97. The summed E-state index contributed by atoms with van der Waals surface area (Å²) >= 11 is 0. The normalized spacial score (nSPS) is 11.0. The van der Waals surface area contributed by atoms with Crippen LogP contribution in [0.4, 0.5) is 0 Å². The first-order valence-electron chi connectivity index (χ1n) is 11.4. The second kappa shape index (κ2) is 10.5. The SMILES string of the molecule is O=C(COc1cccc2ccccc12)NN=Cc1ccc(OC(=O)c2cccc3ccccc23)cc1. The van der Waals surface area contributed by atoms with Gasteiger partial charge in [-0.25, -0.2) is 10.2 Å². The first kappa shape index (κ1) is 22.8. The summed E-state index contributed by atoms with van der Waals surface area (Å²) in [5.41, 5.74) is 3.69. The van der Waals surface area contributed by atoms with Crippen molar-refractivity contribution in [1.82, 2.24) is 5.43 Å². The van der Waals surface area contributed by atoms with Crippen LogP contribution in [0.3, 0.4) is 0 Å². The largest absolute Gasteiger partial charge is 0.483 e. The van der Waals surface area contributed by atoms with Crippen molar-refractivity contribution >= 4 is 39.6 Å². The van der Waals surface area contributed by atoms with Crippen LogP contribution >= 0.6 is 0 Å². The fraction of sp³-hybridized carbons (Fsp3) is 0.0333. The number of nitrogens with zero attached hydrogens (tertiary/aromatic N) is 1. The molecule has 0 radical (unpaired) electrons. The third-order valence-electron chi connectivity index (χ3n) is 5.61. The first-order chi connectivity index (χ1) is 17.7. The van der Waals surface area contributed by atoms with Crippen LogP contribution in [-0.4, -0.2) is 24.7 Å². The number of esters is 1. The molecule has 0 spiro atoms. The van der Waals surface area contributed by atoms with Gasteiger partial charge in [0.25, 0.3) is 5.91 Å². The molecule has 5 rings (SSSR count). The molecule has 0 heterocycles. The van der Waals surface area contributed by atoms with Gasteiger partial charge in [0.15, 0.2) is 6.61 Å². The maximum atomic E-state index is 12.7. The van der Waals surface area contributed by atoms with Crippen LogP contribution in [0, 0.1) is 0 Å². The van der Waals surface area contributed by atoms with Crippen LogP contribution in [-0.2, 0) is 4.79 Å². The summed E-state index contributed by atoms with van der Waals surface area (Å²) < 4.78 is 11.2. The van der Waals surface area contributed by atoms with Crippen molar-refractivity contribution in [3.05, 3.63) is 120 Å². The lowest BCUT2D eigenvalue weighted by Gasteiger charge is -2.08. The number of amides is 1. The number of hydrogen-bond donors (Lipinski definition) is 1. The monoisotopic (exact) mass is 474 g/mol. The third-order valence-corrected chi connectivity index (χ3v) is 5.61. The maximum absolute atomic E-state index is 12.7. The van der Waals surface area contributed by atoms with Gasteiger partial charge in [-0.3, -0.25) is 4.79 Å². The summed E-state index contributed by atoms with van der Waals surface area (Å²) in [7, 11) is 0. The van der Waals surface area contributed by atoms with E-state index < -0.39 is 5.97 Å². The summed E-state index contributed by atoms with van der Waals surface area (Å²) in [5, 5.41) is 7.78. The highest BCUT2D eigenvalue weighted by Gasteiger charge is 2.12. The van der Waals surface area contributed by atoms with E-state index in [1.54, 1.807) is 30.3 Å². The first-order valence-corrected chi connectivity index (χ1v) is 11.4. The maximum Gasteiger partial charge on any atom is 0.344 e. The molecule has 0 fully saturated rings. The van der Waals surface area contributed by atoms with Crippen LogP contribution in [0.2, 0.25) is 0 Å². The molecule has 1 N–H and O–H groups in total. The number of carbonyl (C=O) groups excluding carboxylic acids is 2. The van der Waals surface area contributed by atoms with Gasteiger partial charge < -0.3 is 9.47 Å². The molecule has 0 bridgehead atoms. The van der Waals surface area contributed by atoms with E-state index in [1.807, 2.05) is 78.9 Å². The fourth-order valence-corrected chi connectivity index (χ4v) is 3.86. The van der Waals surface area contributed by atoms with Crippen molar-refractivity contribution < 1.29 is 19.1 Å². The zero-order valence-corrected chi connectivity index (χ0v) is 19.3. The molecule has 5 aromatic rings. The molecule has 0 aromatic heterocycles. The lowest BCUT2D eigenvalue weighted by atomic mass is 10.0. The Labute approximate surface area is 207 Å². The molecule has 1 amide bonds. The van der Waals surface area contributed by atoms with Crippen LogP contribution in [0.15, 0.2) is 114 Å². The second-order valence-corrected chi connectivity index (χ2v) is 8.04. The summed E-state index contributed by atoms with van der Waals surface area (Å²) in [5.74, 6) is 0.255. The Morgan fingerprint density at radius 2 is 1.36 bits per heavy atom. The predicted octanol–water partition coefficient (Wildman–Crippen LogP) is 5.74. The van der Waals surface area contributed by atoms with E-state index >= 15 is 0 Å². The quantitative estimate of drug-likeness (QED) is 0.141. The number of rotatable bonds is 7. The third kappa shape index (κ3) is 5.23. The van der Waals surface area contributed by atoms with Gasteiger partial charge in [-0.05, 0) is 58.1 Å². The predicted molar refractivity (Wildman–Crippen MR) is 141 cm³/mol. The molecule has 0 saturated heterocycles. The molecule has 36 heavy (non-hydrogen) atoms. The van der Waals surface area contributed by atoms with Crippen molar-refractivity contribution in [3.63, 3.8) is 0 Å². The topological polar surface area (TPSA) is 77.0 Å². The van der Waals surface area contributed by atoms with E-state index in [1.165, 1.54) is 6.21 Å². The molecular weight excluding hydrogens is 452 g/mol. The Balaban J connectivity index is 1.15. The van der Waals surface area contributed by atoms with Crippen molar-refractivity contribution in [2.45, 2.75) is 0 Å². The van der Waals surface area contributed by atoms with Gasteiger partial charge in [0, 0.05) is 5.39 Å². The lowest BCUT2D eigenvalue weighted by molar-refractivity contribution is -0.123. The number of nitrogens with one attached hydrogen (secondary N) is 1. The number of carbonyl (C=O) groups is 2. The van der Waals surface area contributed by atoms with E-state index in [9.17, 15) is 9.59 Å². The number of hydrogen-bond acceptors (Lipinski definition) is 5.